The third-order valence-corrected chi connectivity index (χ3v) is 4.38. The van der Waals surface area contributed by atoms with E-state index in [1.165, 1.54) is 10.4 Å². The first kappa shape index (κ1) is 14.0. The van der Waals surface area contributed by atoms with Crippen LogP contribution in [0.15, 0.2) is 24.3 Å². The lowest BCUT2D eigenvalue weighted by Crippen LogP contribution is -2.11. The number of rotatable bonds is 5. The minimum absolute atomic E-state index is 0.0771. The fraction of sp³-hybridized carbons (Fsp3) is 0.400. The summed E-state index contributed by atoms with van der Waals surface area (Å²) in [6.07, 6.45) is 1.91. The van der Waals surface area contributed by atoms with Crippen LogP contribution in [-0.4, -0.2) is 12.1 Å². The van der Waals surface area contributed by atoms with Crippen molar-refractivity contribution < 1.29 is 4.74 Å². The van der Waals surface area contributed by atoms with Crippen LogP contribution in [0.3, 0.4) is 0 Å². The molecule has 19 heavy (non-hydrogen) atoms. The van der Waals surface area contributed by atoms with E-state index in [0.29, 0.717) is 0 Å². The molecule has 0 spiro atoms. The highest BCUT2D eigenvalue weighted by atomic mass is 32.1. The first-order valence-corrected chi connectivity index (χ1v) is 7.24. The summed E-state index contributed by atoms with van der Waals surface area (Å²) in [5.41, 5.74) is 8.62. The topological polar surface area (TPSA) is 48.1 Å². The number of ether oxygens (including phenoxy) is 1. The van der Waals surface area contributed by atoms with Crippen molar-refractivity contribution in [2.75, 3.05) is 7.11 Å². The molecule has 0 saturated heterocycles. The molecule has 0 radical (unpaired) electrons. The van der Waals surface area contributed by atoms with E-state index in [1.807, 2.05) is 26.0 Å². The lowest BCUT2D eigenvalue weighted by Gasteiger charge is -2.10. The van der Waals surface area contributed by atoms with Gasteiger partial charge >= 0.3 is 0 Å². The zero-order valence-electron chi connectivity index (χ0n) is 11.6. The van der Waals surface area contributed by atoms with Gasteiger partial charge in [-0.05, 0) is 44.4 Å². The fourth-order valence-electron chi connectivity index (χ4n) is 2.14. The number of aromatic nitrogens is 1. The summed E-state index contributed by atoms with van der Waals surface area (Å²) in [6, 6.07) is 8.24. The van der Waals surface area contributed by atoms with Crippen molar-refractivity contribution in [3.8, 4) is 5.75 Å². The van der Waals surface area contributed by atoms with E-state index in [2.05, 4.69) is 17.1 Å². The molecule has 0 fully saturated rings. The van der Waals surface area contributed by atoms with Crippen molar-refractivity contribution in [2.24, 2.45) is 5.73 Å². The van der Waals surface area contributed by atoms with Gasteiger partial charge in [0, 0.05) is 10.9 Å². The third kappa shape index (κ3) is 3.55. The van der Waals surface area contributed by atoms with Gasteiger partial charge in [-0.25, -0.2) is 4.98 Å². The Bertz CT molecular complexity index is 534. The molecule has 1 aromatic heterocycles. The van der Waals surface area contributed by atoms with Crippen LogP contribution in [0.5, 0.6) is 5.75 Å². The normalized spacial score (nSPS) is 12.4. The number of methoxy groups -OCH3 is 1. The van der Waals surface area contributed by atoms with Crippen LogP contribution in [0.1, 0.15) is 33.6 Å². The summed E-state index contributed by atoms with van der Waals surface area (Å²) < 4.78 is 5.15. The Morgan fingerprint density at radius 3 is 2.47 bits per heavy atom. The van der Waals surface area contributed by atoms with Crippen LogP contribution in [0.4, 0.5) is 0 Å². The van der Waals surface area contributed by atoms with Gasteiger partial charge < -0.3 is 10.5 Å². The predicted octanol–water partition coefficient (Wildman–Crippen LogP) is 3.40. The Kier molecular flexibility index (Phi) is 4.56. The molecule has 1 unspecified atom stereocenters. The second kappa shape index (κ2) is 6.17. The summed E-state index contributed by atoms with van der Waals surface area (Å²) >= 11 is 1.71. The van der Waals surface area contributed by atoms with Gasteiger partial charge in [0.1, 0.15) is 5.75 Å². The molecule has 0 aliphatic heterocycles. The Balaban J connectivity index is 1.96. The van der Waals surface area contributed by atoms with Crippen LogP contribution in [0.25, 0.3) is 0 Å². The molecule has 3 nitrogen and oxygen atoms in total. The first-order chi connectivity index (χ1) is 9.10. The number of hydrogen-bond donors (Lipinski definition) is 1. The van der Waals surface area contributed by atoms with Crippen LogP contribution in [0, 0.1) is 13.8 Å². The van der Waals surface area contributed by atoms with Gasteiger partial charge in [0.2, 0.25) is 0 Å². The maximum atomic E-state index is 6.26. The first-order valence-electron chi connectivity index (χ1n) is 6.42. The summed E-state index contributed by atoms with van der Waals surface area (Å²) in [5.74, 6) is 0.891. The van der Waals surface area contributed by atoms with Gasteiger partial charge in [0.25, 0.3) is 0 Å². The predicted molar refractivity (Wildman–Crippen MR) is 79.8 cm³/mol. The van der Waals surface area contributed by atoms with Crippen molar-refractivity contribution in [2.45, 2.75) is 32.7 Å². The quantitative estimate of drug-likeness (QED) is 0.910. The van der Waals surface area contributed by atoms with Crippen molar-refractivity contribution >= 4 is 11.3 Å². The molecule has 0 amide bonds. The highest BCUT2D eigenvalue weighted by Gasteiger charge is 2.13. The van der Waals surface area contributed by atoms with Crippen LogP contribution in [-0.2, 0) is 6.42 Å². The van der Waals surface area contributed by atoms with Crippen LogP contribution in [0.2, 0.25) is 0 Å². The van der Waals surface area contributed by atoms with Gasteiger partial charge in [-0.2, -0.15) is 0 Å². The minimum Gasteiger partial charge on any atom is -0.497 e. The molecule has 0 bridgehead atoms. The van der Waals surface area contributed by atoms with Crippen molar-refractivity contribution in [3.63, 3.8) is 0 Å². The van der Waals surface area contributed by atoms with Gasteiger partial charge in [-0.1, -0.05) is 12.1 Å². The van der Waals surface area contributed by atoms with E-state index in [9.17, 15) is 0 Å². The molecule has 1 atom stereocenters. The zero-order valence-corrected chi connectivity index (χ0v) is 12.5. The maximum Gasteiger partial charge on any atom is 0.118 e. The van der Waals surface area contributed by atoms with Crippen LogP contribution < -0.4 is 10.5 Å². The Morgan fingerprint density at radius 1 is 1.26 bits per heavy atom. The number of nitrogens with two attached hydrogens (primary N) is 1. The SMILES string of the molecule is COc1ccc(CCC(N)c2sc(C)nc2C)cc1. The minimum atomic E-state index is 0.0771. The van der Waals surface area contributed by atoms with Crippen molar-refractivity contribution in [1.82, 2.24) is 4.98 Å². The number of nitrogens with zero attached hydrogens (tertiary/aromatic N) is 1. The monoisotopic (exact) mass is 276 g/mol. The Labute approximate surface area is 118 Å². The van der Waals surface area contributed by atoms with Gasteiger partial charge in [0.05, 0.1) is 17.8 Å². The zero-order chi connectivity index (χ0) is 13.8. The van der Waals surface area contributed by atoms with Gasteiger partial charge in [-0.15, -0.1) is 11.3 Å². The van der Waals surface area contributed by atoms with E-state index in [0.717, 1.165) is 29.3 Å². The largest absolute Gasteiger partial charge is 0.497 e. The highest BCUT2D eigenvalue weighted by Crippen LogP contribution is 2.26. The standard InChI is InChI=1S/C15H20N2OS/c1-10-15(19-11(2)17-10)14(16)9-6-12-4-7-13(18-3)8-5-12/h4-5,7-8,14H,6,9,16H2,1-3H3. The molecule has 2 aromatic rings. The molecule has 2 rings (SSSR count). The van der Waals surface area contributed by atoms with Crippen LogP contribution >= 0.6 is 11.3 Å². The number of thiazole rings is 1. The summed E-state index contributed by atoms with van der Waals surface area (Å²) in [7, 11) is 1.68. The molecular formula is C15H20N2OS. The lowest BCUT2D eigenvalue weighted by molar-refractivity contribution is 0.414. The molecule has 0 aliphatic rings. The number of hydrogen-bond acceptors (Lipinski definition) is 4. The smallest absolute Gasteiger partial charge is 0.118 e. The van der Waals surface area contributed by atoms with E-state index >= 15 is 0 Å². The molecule has 1 heterocycles. The van der Waals surface area contributed by atoms with Gasteiger partial charge in [0.15, 0.2) is 0 Å². The summed E-state index contributed by atoms with van der Waals surface area (Å²) in [5, 5.41) is 1.09. The lowest BCUT2D eigenvalue weighted by atomic mass is 10.0. The van der Waals surface area contributed by atoms with E-state index in [4.69, 9.17) is 10.5 Å². The molecule has 1 aromatic carbocycles. The third-order valence-electron chi connectivity index (χ3n) is 3.18. The fourth-order valence-corrected chi connectivity index (χ4v) is 3.10. The molecule has 4 heteroatoms. The molecule has 0 aliphatic carbocycles. The Morgan fingerprint density at radius 2 is 1.95 bits per heavy atom. The average Bonchev–Trinajstić information content (AvgIpc) is 2.75. The Hall–Kier alpha value is -1.39. The van der Waals surface area contributed by atoms with E-state index in [1.54, 1.807) is 18.4 Å². The molecular weight excluding hydrogens is 256 g/mol. The van der Waals surface area contributed by atoms with E-state index in [-0.39, 0.29) is 6.04 Å². The van der Waals surface area contributed by atoms with E-state index < -0.39 is 0 Å². The molecule has 0 saturated carbocycles. The second-order valence-electron chi connectivity index (χ2n) is 4.68. The second-order valence-corrected chi connectivity index (χ2v) is 5.91. The molecule has 2 N–H and O–H groups in total. The summed E-state index contributed by atoms with van der Waals surface area (Å²) in [4.78, 5) is 5.65. The maximum absolute atomic E-state index is 6.26. The van der Waals surface area contributed by atoms with Gasteiger partial charge in [-0.3, -0.25) is 0 Å². The number of aryl methyl sites for hydroxylation is 3. The van der Waals surface area contributed by atoms with Crippen molar-refractivity contribution in [3.05, 3.63) is 45.4 Å². The number of benzene rings is 1. The summed E-state index contributed by atoms with van der Waals surface area (Å²) in [6.45, 7) is 4.06. The molecule has 102 valence electrons. The average molecular weight is 276 g/mol. The van der Waals surface area contributed by atoms with Crippen molar-refractivity contribution in [1.29, 1.82) is 0 Å². The highest BCUT2D eigenvalue weighted by molar-refractivity contribution is 7.11.